The molecule has 0 unspecified atom stereocenters. The minimum absolute atomic E-state index is 0.338. The molecule has 0 N–H and O–H groups in total. The van der Waals surface area contributed by atoms with Crippen molar-refractivity contribution in [3.8, 4) is 0 Å². The highest BCUT2D eigenvalue weighted by atomic mass is 32.2. The number of hydrogen-bond acceptors (Lipinski definition) is 4. The van der Waals surface area contributed by atoms with Crippen LogP contribution >= 0.6 is 11.8 Å². The van der Waals surface area contributed by atoms with Gasteiger partial charge >= 0.3 is 0 Å². The number of nitrogens with zero attached hydrogens (tertiary/aromatic N) is 4. The first-order chi connectivity index (χ1) is 11.6. The Morgan fingerprint density at radius 3 is 2.50 bits per heavy atom. The van der Waals surface area contributed by atoms with E-state index in [4.69, 9.17) is 0 Å². The second kappa shape index (κ2) is 8.39. The van der Waals surface area contributed by atoms with Crippen LogP contribution in [0.15, 0.2) is 6.07 Å². The van der Waals surface area contributed by atoms with E-state index in [-0.39, 0.29) is 0 Å². The normalized spacial score (nSPS) is 20.0. The lowest BCUT2D eigenvalue weighted by atomic mass is 10.3. The molecule has 1 aliphatic carbocycles. The van der Waals surface area contributed by atoms with Crippen LogP contribution in [0, 0.1) is 13.8 Å². The fourth-order valence-corrected chi connectivity index (χ4v) is 4.92. The molecule has 24 heavy (non-hydrogen) atoms. The summed E-state index contributed by atoms with van der Waals surface area (Å²) in [5.41, 5.74) is 2.31. The maximum absolute atomic E-state index is 12.4. The number of rotatable bonds is 6. The van der Waals surface area contributed by atoms with E-state index in [1.165, 1.54) is 31.4 Å². The van der Waals surface area contributed by atoms with Gasteiger partial charge < -0.3 is 4.90 Å². The molecule has 1 aromatic heterocycles. The number of piperazine rings is 1. The molecule has 1 saturated carbocycles. The molecule has 2 heterocycles. The lowest BCUT2D eigenvalue weighted by molar-refractivity contribution is -0.130. The molecule has 1 saturated heterocycles. The summed E-state index contributed by atoms with van der Waals surface area (Å²) in [7, 11) is 0. The van der Waals surface area contributed by atoms with Gasteiger partial charge in [0.25, 0.3) is 0 Å². The average Bonchev–Trinajstić information content (AvgIpc) is 3.20. The zero-order chi connectivity index (χ0) is 16.9. The number of hydrogen-bond donors (Lipinski definition) is 0. The smallest absolute Gasteiger partial charge is 0.232 e. The van der Waals surface area contributed by atoms with Crippen LogP contribution in [0.4, 0.5) is 0 Å². The summed E-state index contributed by atoms with van der Waals surface area (Å²) in [5.74, 6) is 1.02. The van der Waals surface area contributed by atoms with Crippen LogP contribution in [-0.4, -0.2) is 69.2 Å². The van der Waals surface area contributed by atoms with Gasteiger partial charge in [-0.05, 0) is 32.8 Å². The molecule has 3 rings (SSSR count). The van der Waals surface area contributed by atoms with Crippen LogP contribution in [0.1, 0.15) is 37.1 Å². The average molecular weight is 351 g/mol. The number of aryl methyl sites for hydroxylation is 2. The Bertz CT molecular complexity index is 545. The molecular formula is C18H30N4OS. The molecule has 0 radical (unpaired) electrons. The Balaban J connectivity index is 1.35. The summed E-state index contributed by atoms with van der Waals surface area (Å²) in [6, 6.07) is 2.12. The molecule has 6 heteroatoms. The van der Waals surface area contributed by atoms with Gasteiger partial charge in [-0.2, -0.15) is 5.10 Å². The number of thioether (sulfide) groups is 1. The third-order valence-electron chi connectivity index (χ3n) is 5.20. The zero-order valence-electron chi connectivity index (χ0n) is 15.0. The van der Waals surface area contributed by atoms with Gasteiger partial charge in [0.05, 0.1) is 18.0 Å². The second-order valence-corrected chi connectivity index (χ2v) is 8.38. The Kier molecular flexibility index (Phi) is 6.22. The summed E-state index contributed by atoms with van der Waals surface area (Å²) >= 11 is 1.88. The van der Waals surface area contributed by atoms with Crippen molar-refractivity contribution in [1.29, 1.82) is 0 Å². The van der Waals surface area contributed by atoms with Crippen LogP contribution in [0.3, 0.4) is 0 Å². The zero-order valence-corrected chi connectivity index (χ0v) is 15.9. The van der Waals surface area contributed by atoms with Crippen LogP contribution in [0.25, 0.3) is 0 Å². The highest BCUT2D eigenvalue weighted by Crippen LogP contribution is 2.29. The Morgan fingerprint density at radius 2 is 1.88 bits per heavy atom. The fourth-order valence-electron chi connectivity index (χ4n) is 3.69. The first-order valence-electron chi connectivity index (χ1n) is 9.24. The minimum atomic E-state index is 0.338. The van der Waals surface area contributed by atoms with Gasteiger partial charge in [0.15, 0.2) is 0 Å². The van der Waals surface area contributed by atoms with Crippen molar-refractivity contribution < 1.29 is 4.79 Å². The number of amides is 1. The molecule has 0 spiro atoms. The highest BCUT2D eigenvalue weighted by molar-refractivity contribution is 8.00. The van der Waals surface area contributed by atoms with Crippen molar-refractivity contribution in [3.63, 3.8) is 0 Å². The summed E-state index contributed by atoms with van der Waals surface area (Å²) < 4.78 is 2.09. The Labute approximate surface area is 149 Å². The van der Waals surface area contributed by atoms with E-state index in [1.54, 1.807) is 0 Å². The Hall–Kier alpha value is -1.01. The molecule has 0 bridgehead atoms. The third-order valence-corrected chi connectivity index (χ3v) is 6.56. The van der Waals surface area contributed by atoms with E-state index in [1.807, 2.05) is 18.7 Å². The SMILES string of the molecule is Cc1cc(C)n(CCN2CCN(C(=O)CSC3CCCC3)CC2)n1. The predicted octanol–water partition coefficient (Wildman–Crippen LogP) is 2.32. The summed E-state index contributed by atoms with van der Waals surface area (Å²) in [6.45, 7) is 9.82. The molecule has 1 aliphatic heterocycles. The van der Waals surface area contributed by atoms with Gasteiger partial charge in [0.2, 0.25) is 5.91 Å². The van der Waals surface area contributed by atoms with Gasteiger partial charge in [-0.15, -0.1) is 11.8 Å². The van der Waals surface area contributed by atoms with Crippen molar-refractivity contribution in [2.24, 2.45) is 0 Å². The maximum atomic E-state index is 12.4. The van der Waals surface area contributed by atoms with Crippen LogP contribution in [0.5, 0.6) is 0 Å². The lowest BCUT2D eigenvalue weighted by Gasteiger charge is -2.34. The molecule has 0 aromatic carbocycles. The predicted molar refractivity (Wildman–Crippen MR) is 99.4 cm³/mol. The molecule has 2 aliphatic rings. The van der Waals surface area contributed by atoms with Gasteiger partial charge in [0, 0.05) is 43.7 Å². The van der Waals surface area contributed by atoms with Gasteiger partial charge in [-0.1, -0.05) is 12.8 Å². The Morgan fingerprint density at radius 1 is 1.17 bits per heavy atom. The van der Waals surface area contributed by atoms with Crippen LogP contribution in [-0.2, 0) is 11.3 Å². The number of carbonyl (C=O) groups is 1. The molecule has 1 aromatic rings. The summed E-state index contributed by atoms with van der Waals surface area (Å²) in [5, 5.41) is 5.25. The summed E-state index contributed by atoms with van der Waals surface area (Å²) in [6.07, 6.45) is 5.30. The van der Waals surface area contributed by atoms with E-state index >= 15 is 0 Å². The first kappa shape index (κ1) is 17.8. The van der Waals surface area contributed by atoms with Crippen molar-refractivity contribution in [2.75, 3.05) is 38.5 Å². The third kappa shape index (κ3) is 4.76. The van der Waals surface area contributed by atoms with E-state index < -0.39 is 0 Å². The second-order valence-electron chi connectivity index (χ2n) is 7.09. The van der Waals surface area contributed by atoms with E-state index in [9.17, 15) is 4.79 Å². The maximum Gasteiger partial charge on any atom is 0.232 e. The molecule has 2 fully saturated rings. The largest absolute Gasteiger partial charge is 0.339 e. The number of carbonyl (C=O) groups excluding carboxylic acids is 1. The van der Waals surface area contributed by atoms with Crippen LogP contribution in [0.2, 0.25) is 0 Å². The quantitative estimate of drug-likeness (QED) is 0.790. The monoisotopic (exact) mass is 350 g/mol. The molecule has 5 nitrogen and oxygen atoms in total. The van der Waals surface area contributed by atoms with Crippen LogP contribution < -0.4 is 0 Å². The summed E-state index contributed by atoms with van der Waals surface area (Å²) in [4.78, 5) is 16.9. The minimum Gasteiger partial charge on any atom is -0.339 e. The van der Waals surface area contributed by atoms with Crippen molar-refractivity contribution >= 4 is 17.7 Å². The van der Waals surface area contributed by atoms with Gasteiger partial charge in [-0.3, -0.25) is 14.4 Å². The molecule has 0 atom stereocenters. The fraction of sp³-hybridized carbons (Fsp3) is 0.778. The topological polar surface area (TPSA) is 41.4 Å². The highest BCUT2D eigenvalue weighted by Gasteiger charge is 2.23. The standard InChI is InChI=1S/C18H30N4OS/c1-15-13-16(2)22(19-15)12-9-20-7-10-21(11-8-20)18(23)14-24-17-5-3-4-6-17/h13,17H,3-12,14H2,1-2H3. The molecular weight excluding hydrogens is 320 g/mol. The molecule has 1 amide bonds. The lowest BCUT2D eigenvalue weighted by Crippen LogP contribution is -2.50. The van der Waals surface area contributed by atoms with Crippen molar-refractivity contribution in [1.82, 2.24) is 19.6 Å². The van der Waals surface area contributed by atoms with E-state index in [2.05, 4.69) is 32.6 Å². The van der Waals surface area contributed by atoms with Crippen molar-refractivity contribution in [3.05, 3.63) is 17.5 Å². The van der Waals surface area contributed by atoms with Crippen molar-refractivity contribution in [2.45, 2.75) is 51.3 Å². The molecule has 134 valence electrons. The van der Waals surface area contributed by atoms with Gasteiger partial charge in [-0.25, -0.2) is 0 Å². The number of aromatic nitrogens is 2. The van der Waals surface area contributed by atoms with E-state index in [0.717, 1.165) is 50.2 Å². The first-order valence-corrected chi connectivity index (χ1v) is 10.3. The van der Waals surface area contributed by atoms with Gasteiger partial charge in [0.1, 0.15) is 0 Å². The van der Waals surface area contributed by atoms with E-state index in [0.29, 0.717) is 11.7 Å².